The summed E-state index contributed by atoms with van der Waals surface area (Å²) in [5.41, 5.74) is 2.75. The lowest BCUT2D eigenvalue weighted by Gasteiger charge is -2.42. The van der Waals surface area contributed by atoms with Gasteiger partial charge in [-0.05, 0) is 70.6 Å². The van der Waals surface area contributed by atoms with E-state index in [4.69, 9.17) is 0 Å². The number of amides is 1. The zero-order chi connectivity index (χ0) is 17.9. The molecule has 2 aliphatic heterocycles. The second-order valence-corrected chi connectivity index (χ2v) is 8.61. The molecular weight excluding hydrogens is 322 g/mol. The van der Waals surface area contributed by atoms with Crippen LogP contribution in [0.1, 0.15) is 49.7 Å². The maximum Gasteiger partial charge on any atom is 0.224 e. The van der Waals surface area contributed by atoms with Crippen LogP contribution in [0.15, 0.2) is 24.3 Å². The van der Waals surface area contributed by atoms with Crippen molar-refractivity contribution in [1.82, 2.24) is 15.1 Å². The molecule has 26 heavy (non-hydrogen) atoms. The SMILES string of the molecule is Cc1ccc(CN2CCC(N3CCC[C@@H](C(=O)NC4CC4)C3)CC2)cc1. The average molecular weight is 356 g/mol. The summed E-state index contributed by atoms with van der Waals surface area (Å²) in [5, 5.41) is 3.21. The van der Waals surface area contributed by atoms with Crippen LogP contribution in [-0.4, -0.2) is 54.0 Å². The molecule has 4 nitrogen and oxygen atoms in total. The molecule has 0 spiro atoms. The third kappa shape index (κ3) is 4.66. The fraction of sp³-hybridized carbons (Fsp3) is 0.682. The van der Waals surface area contributed by atoms with Gasteiger partial charge in [0, 0.05) is 25.2 Å². The minimum Gasteiger partial charge on any atom is -0.353 e. The van der Waals surface area contributed by atoms with Gasteiger partial charge in [0.2, 0.25) is 5.91 Å². The molecule has 1 N–H and O–H groups in total. The highest BCUT2D eigenvalue weighted by atomic mass is 16.2. The summed E-state index contributed by atoms with van der Waals surface area (Å²) < 4.78 is 0. The number of piperidine rings is 2. The number of hydrogen-bond donors (Lipinski definition) is 1. The van der Waals surface area contributed by atoms with Gasteiger partial charge in [0.1, 0.15) is 0 Å². The van der Waals surface area contributed by atoms with Crippen molar-refractivity contribution in [3.63, 3.8) is 0 Å². The predicted octanol–water partition coefficient (Wildman–Crippen LogP) is 2.95. The highest BCUT2D eigenvalue weighted by Crippen LogP contribution is 2.26. The smallest absolute Gasteiger partial charge is 0.224 e. The van der Waals surface area contributed by atoms with Gasteiger partial charge in [0.15, 0.2) is 0 Å². The summed E-state index contributed by atoms with van der Waals surface area (Å²) in [4.78, 5) is 17.6. The van der Waals surface area contributed by atoms with E-state index < -0.39 is 0 Å². The Morgan fingerprint density at radius 1 is 1.04 bits per heavy atom. The van der Waals surface area contributed by atoms with Crippen molar-refractivity contribution >= 4 is 5.91 Å². The fourth-order valence-corrected chi connectivity index (χ4v) is 4.49. The van der Waals surface area contributed by atoms with E-state index in [1.807, 2.05) is 0 Å². The Morgan fingerprint density at radius 3 is 2.46 bits per heavy atom. The van der Waals surface area contributed by atoms with Crippen LogP contribution in [0, 0.1) is 12.8 Å². The quantitative estimate of drug-likeness (QED) is 0.882. The molecule has 4 rings (SSSR count). The fourth-order valence-electron chi connectivity index (χ4n) is 4.49. The van der Waals surface area contributed by atoms with Crippen molar-refractivity contribution < 1.29 is 4.79 Å². The van der Waals surface area contributed by atoms with Crippen LogP contribution in [0.5, 0.6) is 0 Å². The molecule has 3 aliphatic rings. The lowest BCUT2D eigenvalue weighted by atomic mass is 9.93. The minimum absolute atomic E-state index is 0.218. The van der Waals surface area contributed by atoms with Crippen LogP contribution in [0.3, 0.4) is 0 Å². The number of nitrogens with one attached hydrogen (secondary N) is 1. The van der Waals surface area contributed by atoms with Crippen molar-refractivity contribution in [2.45, 2.75) is 64.1 Å². The van der Waals surface area contributed by atoms with Crippen molar-refractivity contribution in [3.8, 4) is 0 Å². The molecule has 4 heteroatoms. The number of carbonyl (C=O) groups is 1. The Bertz CT molecular complexity index is 602. The van der Waals surface area contributed by atoms with Crippen molar-refractivity contribution in [1.29, 1.82) is 0 Å². The second kappa shape index (κ2) is 8.10. The molecule has 1 atom stereocenters. The lowest BCUT2D eigenvalue weighted by Crippen LogP contribution is -2.50. The summed E-state index contributed by atoms with van der Waals surface area (Å²) in [5.74, 6) is 0.531. The van der Waals surface area contributed by atoms with Gasteiger partial charge < -0.3 is 5.32 Å². The summed E-state index contributed by atoms with van der Waals surface area (Å²) in [6.07, 6.45) is 7.09. The number of hydrogen-bond acceptors (Lipinski definition) is 3. The van der Waals surface area contributed by atoms with Gasteiger partial charge in [-0.3, -0.25) is 14.6 Å². The molecule has 1 aromatic carbocycles. The third-order valence-corrected chi connectivity index (χ3v) is 6.35. The Balaban J connectivity index is 1.24. The van der Waals surface area contributed by atoms with E-state index in [1.54, 1.807) is 0 Å². The molecule has 0 bridgehead atoms. The topological polar surface area (TPSA) is 35.6 Å². The van der Waals surface area contributed by atoms with E-state index in [0.717, 1.165) is 19.5 Å². The lowest BCUT2D eigenvalue weighted by molar-refractivity contribution is -0.127. The van der Waals surface area contributed by atoms with Crippen LogP contribution in [0.2, 0.25) is 0 Å². The zero-order valence-corrected chi connectivity index (χ0v) is 16.1. The average Bonchev–Trinajstić information content (AvgIpc) is 3.48. The Morgan fingerprint density at radius 2 is 1.77 bits per heavy atom. The van der Waals surface area contributed by atoms with Gasteiger partial charge in [-0.1, -0.05) is 29.8 Å². The zero-order valence-electron chi connectivity index (χ0n) is 16.1. The Hall–Kier alpha value is -1.39. The molecule has 1 saturated carbocycles. The Kier molecular flexibility index (Phi) is 5.60. The maximum atomic E-state index is 12.4. The summed E-state index contributed by atoms with van der Waals surface area (Å²) in [6.45, 7) is 7.71. The van der Waals surface area contributed by atoms with E-state index in [9.17, 15) is 4.79 Å². The molecule has 0 aromatic heterocycles. The molecule has 1 aromatic rings. The first-order chi connectivity index (χ1) is 12.7. The predicted molar refractivity (Wildman–Crippen MR) is 105 cm³/mol. The third-order valence-electron chi connectivity index (χ3n) is 6.35. The molecular formula is C22H33N3O. The standard InChI is InChI=1S/C22H33N3O/c1-17-4-6-18(7-5-17)15-24-13-10-21(11-14-24)25-12-2-3-19(16-25)22(26)23-20-8-9-20/h4-7,19-21H,2-3,8-16H2,1H3,(H,23,26)/t19-/m1/s1. The van der Waals surface area contributed by atoms with E-state index >= 15 is 0 Å². The number of likely N-dealkylation sites (tertiary alicyclic amines) is 2. The number of benzene rings is 1. The van der Waals surface area contributed by atoms with E-state index in [2.05, 4.69) is 46.3 Å². The van der Waals surface area contributed by atoms with Crippen LogP contribution in [0.25, 0.3) is 0 Å². The van der Waals surface area contributed by atoms with Gasteiger partial charge >= 0.3 is 0 Å². The van der Waals surface area contributed by atoms with Gasteiger partial charge in [-0.2, -0.15) is 0 Å². The van der Waals surface area contributed by atoms with Crippen molar-refractivity contribution in [2.24, 2.45) is 5.92 Å². The first kappa shape index (κ1) is 18.0. The number of aryl methyl sites for hydroxylation is 1. The van der Waals surface area contributed by atoms with Crippen LogP contribution >= 0.6 is 0 Å². The number of carbonyl (C=O) groups excluding carboxylic acids is 1. The maximum absolute atomic E-state index is 12.4. The number of nitrogens with zero attached hydrogens (tertiary/aromatic N) is 2. The highest BCUT2D eigenvalue weighted by Gasteiger charge is 2.33. The van der Waals surface area contributed by atoms with Crippen LogP contribution in [0.4, 0.5) is 0 Å². The first-order valence-electron chi connectivity index (χ1n) is 10.5. The summed E-state index contributed by atoms with van der Waals surface area (Å²) in [7, 11) is 0. The van der Waals surface area contributed by atoms with Crippen LogP contribution < -0.4 is 5.32 Å². The normalized spacial score (nSPS) is 26.0. The number of rotatable bonds is 5. The van der Waals surface area contributed by atoms with E-state index in [-0.39, 0.29) is 5.92 Å². The summed E-state index contributed by atoms with van der Waals surface area (Å²) >= 11 is 0. The molecule has 2 heterocycles. The van der Waals surface area contributed by atoms with Crippen molar-refractivity contribution in [2.75, 3.05) is 26.2 Å². The minimum atomic E-state index is 0.218. The Labute approximate surface area is 157 Å². The largest absolute Gasteiger partial charge is 0.353 e. The first-order valence-corrected chi connectivity index (χ1v) is 10.5. The van der Waals surface area contributed by atoms with Gasteiger partial charge in [0.05, 0.1) is 5.92 Å². The monoisotopic (exact) mass is 355 g/mol. The molecule has 142 valence electrons. The van der Waals surface area contributed by atoms with Gasteiger partial charge in [-0.25, -0.2) is 0 Å². The van der Waals surface area contributed by atoms with Crippen LogP contribution in [-0.2, 0) is 11.3 Å². The molecule has 0 radical (unpaired) electrons. The second-order valence-electron chi connectivity index (χ2n) is 8.61. The van der Waals surface area contributed by atoms with Gasteiger partial charge in [0.25, 0.3) is 0 Å². The summed E-state index contributed by atoms with van der Waals surface area (Å²) in [6, 6.07) is 10.1. The molecule has 3 fully saturated rings. The highest BCUT2D eigenvalue weighted by molar-refractivity contribution is 5.79. The molecule has 1 aliphatic carbocycles. The molecule has 1 amide bonds. The molecule has 0 unspecified atom stereocenters. The van der Waals surface area contributed by atoms with Crippen molar-refractivity contribution in [3.05, 3.63) is 35.4 Å². The van der Waals surface area contributed by atoms with E-state index in [1.165, 1.54) is 62.9 Å². The van der Waals surface area contributed by atoms with E-state index in [0.29, 0.717) is 18.0 Å². The molecule has 2 saturated heterocycles. The van der Waals surface area contributed by atoms with Gasteiger partial charge in [-0.15, -0.1) is 0 Å².